The minimum absolute atomic E-state index is 0.699. The van der Waals surface area contributed by atoms with E-state index in [1.807, 2.05) is 19.1 Å². The lowest BCUT2D eigenvalue weighted by Crippen LogP contribution is -1.90. The maximum Gasteiger partial charge on any atom is 0.119 e. The lowest BCUT2D eigenvalue weighted by molar-refractivity contribution is 0.340. The first kappa shape index (κ1) is 14.4. The van der Waals surface area contributed by atoms with Crippen molar-refractivity contribution in [1.29, 1.82) is 0 Å². The molecule has 0 spiro atoms. The Hall–Kier alpha value is -2.54. The van der Waals surface area contributed by atoms with E-state index in [0.717, 1.165) is 5.75 Å². The van der Waals surface area contributed by atoms with Gasteiger partial charge in [0.25, 0.3) is 0 Å². The SMILES string of the molecule is CCOc1ccc(-c2ccc(-c3ccc(C)cc3)cc2)cc1. The van der Waals surface area contributed by atoms with Crippen LogP contribution in [0.3, 0.4) is 0 Å². The molecule has 0 radical (unpaired) electrons. The molecule has 0 saturated carbocycles. The first-order chi connectivity index (χ1) is 10.8. The van der Waals surface area contributed by atoms with Gasteiger partial charge in [-0.3, -0.25) is 0 Å². The Labute approximate surface area is 132 Å². The van der Waals surface area contributed by atoms with Gasteiger partial charge < -0.3 is 4.74 Å². The molecular weight excluding hydrogens is 268 g/mol. The maximum atomic E-state index is 5.48. The van der Waals surface area contributed by atoms with E-state index in [4.69, 9.17) is 4.74 Å². The van der Waals surface area contributed by atoms with Crippen molar-refractivity contribution in [2.75, 3.05) is 6.61 Å². The third kappa shape index (κ3) is 3.20. The zero-order valence-corrected chi connectivity index (χ0v) is 13.0. The first-order valence-corrected chi connectivity index (χ1v) is 7.66. The van der Waals surface area contributed by atoms with E-state index >= 15 is 0 Å². The van der Waals surface area contributed by atoms with Crippen molar-refractivity contribution in [3.05, 3.63) is 78.4 Å². The van der Waals surface area contributed by atoms with Crippen LogP contribution in [-0.4, -0.2) is 6.61 Å². The number of hydrogen-bond donors (Lipinski definition) is 0. The van der Waals surface area contributed by atoms with Crippen molar-refractivity contribution < 1.29 is 4.74 Å². The lowest BCUT2D eigenvalue weighted by Gasteiger charge is -2.07. The Balaban J connectivity index is 1.83. The molecule has 0 N–H and O–H groups in total. The second-order valence-electron chi connectivity index (χ2n) is 5.40. The Bertz CT molecular complexity index is 722. The molecule has 0 atom stereocenters. The molecule has 3 aromatic carbocycles. The minimum Gasteiger partial charge on any atom is -0.494 e. The van der Waals surface area contributed by atoms with Crippen LogP contribution in [0, 0.1) is 6.92 Å². The summed E-state index contributed by atoms with van der Waals surface area (Å²) >= 11 is 0. The number of benzene rings is 3. The van der Waals surface area contributed by atoms with E-state index in [0.29, 0.717) is 6.61 Å². The molecule has 0 aliphatic carbocycles. The topological polar surface area (TPSA) is 9.23 Å². The van der Waals surface area contributed by atoms with E-state index in [-0.39, 0.29) is 0 Å². The third-order valence-corrected chi connectivity index (χ3v) is 3.77. The summed E-state index contributed by atoms with van der Waals surface area (Å²) in [5.74, 6) is 0.919. The highest BCUT2D eigenvalue weighted by Crippen LogP contribution is 2.26. The molecule has 0 aromatic heterocycles. The average Bonchev–Trinajstić information content (AvgIpc) is 2.57. The predicted molar refractivity (Wildman–Crippen MR) is 93.2 cm³/mol. The molecule has 1 heteroatoms. The summed E-state index contributed by atoms with van der Waals surface area (Å²) in [7, 11) is 0. The summed E-state index contributed by atoms with van der Waals surface area (Å²) in [4.78, 5) is 0. The van der Waals surface area contributed by atoms with E-state index in [1.54, 1.807) is 0 Å². The molecule has 0 heterocycles. The Morgan fingerprint density at radius 1 is 0.591 bits per heavy atom. The van der Waals surface area contributed by atoms with E-state index in [1.165, 1.54) is 27.8 Å². The molecule has 0 fully saturated rings. The fraction of sp³-hybridized carbons (Fsp3) is 0.143. The van der Waals surface area contributed by atoms with Gasteiger partial charge in [0.05, 0.1) is 6.61 Å². The van der Waals surface area contributed by atoms with E-state index in [2.05, 4.69) is 67.6 Å². The van der Waals surface area contributed by atoms with Crippen LogP contribution in [-0.2, 0) is 0 Å². The van der Waals surface area contributed by atoms with Crippen LogP contribution in [0.15, 0.2) is 72.8 Å². The summed E-state index contributed by atoms with van der Waals surface area (Å²) in [6.07, 6.45) is 0. The Kier molecular flexibility index (Phi) is 4.24. The zero-order valence-electron chi connectivity index (χ0n) is 13.0. The normalized spacial score (nSPS) is 10.5. The number of aryl methyl sites for hydroxylation is 1. The monoisotopic (exact) mass is 288 g/mol. The third-order valence-electron chi connectivity index (χ3n) is 3.77. The van der Waals surface area contributed by atoms with Gasteiger partial charge in [0.15, 0.2) is 0 Å². The summed E-state index contributed by atoms with van der Waals surface area (Å²) in [6.45, 7) is 4.81. The maximum absolute atomic E-state index is 5.48. The van der Waals surface area contributed by atoms with Gasteiger partial charge in [-0.05, 0) is 48.2 Å². The van der Waals surface area contributed by atoms with Gasteiger partial charge in [0.1, 0.15) is 5.75 Å². The molecular formula is C21H20O. The molecule has 0 amide bonds. The predicted octanol–water partition coefficient (Wildman–Crippen LogP) is 5.73. The summed E-state index contributed by atoms with van der Waals surface area (Å²) < 4.78 is 5.48. The van der Waals surface area contributed by atoms with Crippen molar-refractivity contribution in [3.63, 3.8) is 0 Å². The molecule has 0 saturated heterocycles. The number of ether oxygens (including phenoxy) is 1. The van der Waals surface area contributed by atoms with Crippen LogP contribution < -0.4 is 4.74 Å². The largest absolute Gasteiger partial charge is 0.494 e. The molecule has 3 rings (SSSR count). The highest BCUT2D eigenvalue weighted by molar-refractivity contribution is 5.70. The molecule has 22 heavy (non-hydrogen) atoms. The highest BCUT2D eigenvalue weighted by atomic mass is 16.5. The molecule has 0 aliphatic rings. The van der Waals surface area contributed by atoms with Gasteiger partial charge in [0.2, 0.25) is 0 Å². The van der Waals surface area contributed by atoms with Crippen LogP contribution in [0.1, 0.15) is 12.5 Å². The average molecular weight is 288 g/mol. The fourth-order valence-corrected chi connectivity index (χ4v) is 2.51. The van der Waals surface area contributed by atoms with Gasteiger partial charge in [-0.2, -0.15) is 0 Å². The fourth-order valence-electron chi connectivity index (χ4n) is 2.51. The van der Waals surface area contributed by atoms with Crippen molar-refractivity contribution >= 4 is 0 Å². The van der Waals surface area contributed by atoms with Gasteiger partial charge in [-0.15, -0.1) is 0 Å². The second kappa shape index (κ2) is 6.48. The summed E-state index contributed by atoms with van der Waals surface area (Å²) in [5, 5.41) is 0. The van der Waals surface area contributed by atoms with Crippen LogP contribution in [0.25, 0.3) is 22.3 Å². The quantitative estimate of drug-likeness (QED) is 0.596. The Morgan fingerprint density at radius 2 is 0.955 bits per heavy atom. The van der Waals surface area contributed by atoms with E-state index in [9.17, 15) is 0 Å². The molecule has 110 valence electrons. The van der Waals surface area contributed by atoms with Crippen molar-refractivity contribution in [1.82, 2.24) is 0 Å². The summed E-state index contributed by atoms with van der Waals surface area (Å²) in [5.41, 5.74) is 6.21. The van der Waals surface area contributed by atoms with Crippen LogP contribution in [0.2, 0.25) is 0 Å². The van der Waals surface area contributed by atoms with Crippen molar-refractivity contribution in [2.24, 2.45) is 0 Å². The van der Waals surface area contributed by atoms with Gasteiger partial charge in [-0.25, -0.2) is 0 Å². The van der Waals surface area contributed by atoms with Gasteiger partial charge >= 0.3 is 0 Å². The Morgan fingerprint density at radius 3 is 1.36 bits per heavy atom. The number of hydrogen-bond acceptors (Lipinski definition) is 1. The molecule has 0 bridgehead atoms. The smallest absolute Gasteiger partial charge is 0.119 e. The summed E-state index contributed by atoms with van der Waals surface area (Å²) in [6, 6.07) is 25.6. The van der Waals surface area contributed by atoms with Crippen LogP contribution >= 0.6 is 0 Å². The molecule has 1 nitrogen and oxygen atoms in total. The zero-order chi connectivity index (χ0) is 15.4. The number of rotatable bonds is 4. The molecule has 0 unspecified atom stereocenters. The van der Waals surface area contributed by atoms with Gasteiger partial charge in [-0.1, -0.05) is 66.2 Å². The minimum atomic E-state index is 0.699. The van der Waals surface area contributed by atoms with Crippen molar-refractivity contribution in [3.8, 4) is 28.0 Å². The standard InChI is InChI=1S/C21H20O/c1-3-22-21-14-12-20(13-15-21)19-10-8-18(9-11-19)17-6-4-16(2)5-7-17/h4-15H,3H2,1-2H3. The first-order valence-electron chi connectivity index (χ1n) is 7.66. The van der Waals surface area contributed by atoms with Crippen molar-refractivity contribution in [2.45, 2.75) is 13.8 Å². The highest BCUT2D eigenvalue weighted by Gasteiger charge is 2.01. The van der Waals surface area contributed by atoms with Crippen LogP contribution in [0.4, 0.5) is 0 Å². The lowest BCUT2D eigenvalue weighted by atomic mass is 10.00. The molecule has 0 aliphatic heterocycles. The van der Waals surface area contributed by atoms with Gasteiger partial charge in [0, 0.05) is 0 Å². The molecule has 3 aromatic rings. The van der Waals surface area contributed by atoms with E-state index < -0.39 is 0 Å². The second-order valence-corrected chi connectivity index (χ2v) is 5.40. The van der Waals surface area contributed by atoms with Crippen LogP contribution in [0.5, 0.6) is 5.75 Å².